The molecule has 6 nitrogen and oxygen atoms in total. The number of nitrogens with one attached hydrogen (secondary N) is 1. The Morgan fingerprint density at radius 1 is 1.48 bits per heavy atom. The van der Waals surface area contributed by atoms with Crippen molar-refractivity contribution in [2.45, 2.75) is 63.7 Å². The third kappa shape index (κ3) is 4.71. The van der Waals surface area contributed by atoms with Crippen molar-refractivity contribution < 1.29 is 9.90 Å². The van der Waals surface area contributed by atoms with E-state index in [4.69, 9.17) is 0 Å². The predicted octanol–water partition coefficient (Wildman–Crippen LogP) is 2.23. The van der Waals surface area contributed by atoms with E-state index in [0.29, 0.717) is 12.8 Å². The SMILES string of the molecule is CCC(CCCSc1nnc(C)n1C)(NC(C)C)C(=O)O. The largest absolute Gasteiger partial charge is 0.480 e. The third-order valence-electron chi connectivity index (χ3n) is 3.61. The standard InChI is InChI=1S/C14H26N4O2S/c1-6-14(12(19)20,15-10(2)3)8-7-9-21-13-17-16-11(4)18(13)5/h10,15H,6-9H2,1-5H3,(H,19,20). The molecule has 120 valence electrons. The number of carboxylic acids is 1. The van der Waals surface area contributed by atoms with Crippen LogP contribution in [0.1, 0.15) is 45.9 Å². The number of hydrogen-bond donors (Lipinski definition) is 2. The van der Waals surface area contributed by atoms with Gasteiger partial charge >= 0.3 is 5.97 Å². The molecule has 7 heteroatoms. The molecule has 0 amide bonds. The molecule has 0 aliphatic heterocycles. The molecule has 21 heavy (non-hydrogen) atoms. The van der Waals surface area contributed by atoms with Gasteiger partial charge in [-0.3, -0.25) is 10.1 Å². The van der Waals surface area contributed by atoms with Gasteiger partial charge in [0.05, 0.1) is 0 Å². The van der Waals surface area contributed by atoms with E-state index in [1.54, 1.807) is 11.8 Å². The van der Waals surface area contributed by atoms with Crippen LogP contribution in [0.15, 0.2) is 5.16 Å². The molecule has 0 aliphatic carbocycles. The van der Waals surface area contributed by atoms with E-state index in [0.717, 1.165) is 23.2 Å². The van der Waals surface area contributed by atoms with E-state index in [9.17, 15) is 9.90 Å². The number of aryl methyl sites for hydroxylation is 1. The Kier molecular flexibility index (Phi) is 6.67. The molecule has 1 rings (SSSR count). The maximum atomic E-state index is 11.6. The summed E-state index contributed by atoms with van der Waals surface area (Å²) in [6, 6.07) is 0.148. The maximum absolute atomic E-state index is 11.6. The van der Waals surface area contributed by atoms with E-state index >= 15 is 0 Å². The molecule has 0 bridgehead atoms. The molecule has 0 spiro atoms. The number of rotatable bonds is 9. The van der Waals surface area contributed by atoms with Crippen molar-refractivity contribution in [2.75, 3.05) is 5.75 Å². The summed E-state index contributed by atoms with van der Waals surface area (Å²) >= 11 is 1.62. The molecule has 0 aromatic carbocycles. The van der Waals surface area contributed by atoms with Gasteiger partial charge in [-0.25, -0.2) is 0 Å². The molecule has 0 aliphatic rings. The Bertz CT molecular complexity index is 476. The lowest BCUT2D eigenvalue weighted by molar-refractivity contribution is -0.145. The first-order valence-corrected chi connectivity index (χ1v) is 8.31. The van der Waals surface area contributed by atoms with E-state index < -0.39 is 11.5 Å². The van der Waals surface area contributed by atoms with Gasteiger partial charge in [0.2, 0.25) is 0 Å². The quantitative estimate of drug-likeness (QED) is 0.537. The highest BCUT2D eigenvalue weighted by atomic mass is 32.2. The van der Waals surface area contributed by atoms with Gasteiger partial charge in [0.1, 0.15) is 11.4 Å². The summed E-state index contributed by atoms with van der Waals surface area (Å²) in [4.78, 5) is 11.6. The van der Waals surface area contributed by atoms with Crippen LogP contribution in [0, 0.1) is 6.92 Å². The summed E-state index contributed by atoms with van der Waals surface area (Å²) in [5, 5.41) is 21.7. The Labute approximate surface area is 130 Å². The molecule has 0 radical (unpaired) electrons. The summed E-state index contributed by atoms with van der Waals surface area (Å²) in [6.45, 7) is 7.79. The first kappa shape index (κ1) is 18.0. The van der Waals surface area contributed by atoms with Gasteiger partial charge in [0.25, 0.3) is 0 Å². The van der Waals surface area contributed by atoms with Crippen molar-refractivity contribution in [3.8, 4) is 0 Å². The first-order valence-electron chi connectivity index (χ1n) is 7.32. The topological polar surface area (TPSA) is 80.0 Å². The lowest BCUT2D eigenvalue weighted by atomic mass is 9.90. The summed E-state index contributed by atoms with van der Waals surface area (Å²) in [5.74, 6) is 0.950. The molecule has 0 fully saturated rings. The zero-order chi connectivity index (χ0) is 16.0. The number of thioether (sulfide) groups is 1. The van der Waals surface area contributed by atoms with Crippen LogP contribution in [0.25, 0.3) is 0 Å². The lowest BCUT2D eigenvalue weighted by Gasteiger charge is -2.31. The second-order valence-corrected chi connectivity index (χ2v) is 6.64. The number of carbonyl (C=O) groups is 1. The average molecular weight is 314 g/mol. The number of nitrogens with zero attached hydrogens (tertiary/aromatic N) is 3. The number of hydrogen-bond acceptors (Lipinski definition) is 5. The summed E-state index contributed by atoms with van der Waals surface area (Å²) in [5.41, 5.74) is -0.829. The van der Waals surface area contributed by atoms with Crippen molar-refractivity contribution in [1.82, 2.24) is 20.1 Å². The number of aromatic nitrogens is 3. The molecule has 1 aromatic heterocycles. The normalized spacial score (nSPS) is 14.4. The van der Waals surface area contributed by atoms with Crippen molar-refractivity contribution in [2.24, 2.45) is 7.05 Å². The van der Waals surface area contributed by atoms with Gasteiger partial charge in [-0.05, 0) is 40.0 Å². The number of carboxylic acid groups (broad SMARTS) is 1. The van der Waals surface area contributed by atoms with Crippen LogP contribution in [0.4, 0.5) is 0 Å². The highest BCUT2D eigenvalue weighted by molar-refractivity contribution is 7.99. The molecule has 1 heterocycles. The number of aliphatic carboxylic acids is 1. The second kappa shape index (κ2) is 7.79. The highest BCUT2D eigenvalue weighted by Gasteiger charge is 2.36. The van der Waals surface area contributed by atoms with Crippen LogP contribution in [0.5, 0.6) is 0 Å². The van der Waals surface area contributed by atoms with E-state index in [-0.39, 0.29) is 6.04 Å². The van der Waals surface area contributed by atoms with E-state index in [2.05, 4.69) is 15.5 Å². The van der Waals surface area contributed by atoms with E-state index in [1.165, 1.54) is 0 Å². The molecule has 1 aromatic rings. The van der Waals surface area contributed by atoms with E-state index in [1.807, 2.05) is 39.3 Å². The molecule has 2 N–H and O–H groups in total. The van der Waals surface area contributed by atoms with Gasteiger partial charge in [-0.1, -0.05) is 18.7 Å². The van der Waals surface area contributed by atoms with Crippen LogP contribution < -0.4 is 5.32 Å². The second-order valence-electron chi connectivity index (χ2n) is 5.58. The van der Waals surface area contributed by atoms with Gasteiger partial charge in [0, 0.05) is 18.8 Å². The van der Waals surface area contributed by atoms with Crippen LogP contribution in [-0.4, -0.2) is 43.2 Å². The van der Waals surface area contributed by atoms with Gasteiger partial charge in [-0.2, -0.15) is 0 Å². The minimum absolute atomic E-state index is 0.148. The predicted molar refractivity (Wildman–Crippen MR) is 84.6 cm³/mol. The lowest BCUT2D eigenvalue weighted by Crippen LogP contribution is -2.54. The zero-order valence-corrected chi connectivity index (χ0v) is 14.3. The summed E-state index contributed by atoms with van der Waals surface area (Å²) in [7, 11) is 1.94. The molecule has 0 saturated carbocycles. The average Bonchev–Trinajstić information content (AvgIpc) is 2.73. The molecular weight excluding hydrogens is 288 g/mol. The minimum Gasteiger partial charge on any atom is -0.480 e. The Hall–Kier alpha value is -1.08. The Balaban J connectivity index is 2.54. The Morgan fingerprint density at radius 2 is 2.14 bits per heavy atom. The smallest absolute Gasteiger partial charge is 0.323 e. The van der Waals surface area contributed by atoms with Crippen molar-refractivity contribution >= 4 is 17.7 Å². The van der Waals surface area contributed by atoms with Crippen LogP contribution >= 0.6 is 11.8 Å². The molecular formula is C14H26N4O2S. The van der Waals surface area contributed by atoms with Gasteiger partial charge in [0.15, 0.2) is 5.16 Å². The summed E-state index contributed by atoms with van der Waals surface area (Å²) in [6.07, 6.45) is 2.01. The fraction of sp³-hybridized carbons (Fsp3) is 0.786. The molecule has 1 atom stereocenters. The third-order valence-corrected chi connectivity index (χ3v) is 4.72. The monoisotopic (exact) mass is 314 g/mol. The highest BCUT2D eigenvalue weighted by Crippen LogP contribution is 2.23. The zero-order valence-electron chi connectivity index (χ0n) is 13.5. The Morgan fingerprint density at radius 3 is 2.57 bits per heavy atom. The first-order chi connectivity index (χ1) is 9.82. The summed E-state index contributed by atoms with van der Waals surface area (Å²) < 4.78 is 1.95. The molecule has 0 saturated heterocycles. The van der Waals surface area contributed by atoms with Crippen molar-refractivity contribution in [3.63, 3.8) is 0 Å². The molecule has 1 unspecified atom stereocenters. The maximum Gasteiger partial charge on any atom is 0.323 e. The van der Waals surface area contributed by atoms with Crippen LogP contribution in [-0.2, 0) is 11.8 Å². The van der Waals surface area contributed by atoms with Crippen LogP contribution in [0.2, 0.25) is 0 Å². The van der Waals surface area contributed by atoms with Gasteiger partial charge in [-0.15, -0.1) is 10.2 Å². The fourth-order valence-corrected chi connectivity index (χ4v) is 3.17. The van der Waals surface area contributed by atoms with Crippen LogP contribution in [0.3, 0.4) is 0 Å². The van der Waals surface area contributed by atoms with Crippen molar-refractivity contribution in [1.29, 1.82) is 0 Å². The van der Waals surface area contributed by atoms with Gasteiger partial charge < -0.3 is 9.67 Å². The minimum atomic E-state index is -0.829. The van der Waals surface area contributed by atoms with Crippen molar-refractivity contribution in [3.05, 3.63) is 5.82 Å². The fourth-order valence-electron chi connectivity index (χ4n) is 2.27.